The predicted octanol–water partition coefficient (Wildman–Crippen LogP) is 4.91. The molecule has 5 heterocycles. The van der Waals surface area contributed by atoms with Crippen LogP contribution in [0.1, 0.15) is 48.4 Å². The third-order valence-corrected chi connectivity index (χ3v) is 8.72. The van der Waals surface area contributed by atoms with Gasteiger partial charge in [-0.05, 0) is 51.0 Å². The summed E-state index contributed by atoms with van der Waals surface area (Å²) in [5.74, 6) is -0.273. The Morgan fingerprint density at radius 1 is 1.18 bits per heavy atom. The molecule has 2 fully saturated rings. The monoisotopic (exact) mass is 627 g/mol. The Morgan fingerprint density at radius 3 is 2.59 bits per heavy atom. The Balaban J connectivity index is 1.40. The molecule has 0 aliphatic carbocycles. The maximum absolute atomic E-state index is 14.3. The van der Waals surface area contributed by atoms with Gasteiger partial charge in [0.1, 0.15) is 34.1 Å². The van der Waals surface area contributed by atoms with Crippen LogP contribution in [0.5, 0.6) is 0 Å². The second kappa shape index (κ2) is 10.8. The summed E-state index contributed by atoms with van der Waals surface area (Å²) in [7, 11) is 0. The molecule has 0 unspecified atom stereocenters. The number of carbonyl (C=O) groups is 2. The summed E-state index contributed by atoms with van der Waals surface area (Å²) in [5.41, 5.74) is 5.21. The number of pyridine rings is 1. The molecule has 10 nitrogen and oxygen atoms in total. The number of hydrogen-bond acceptors (Lipinski definition) is 8. The van der Waals surface area contributed by atoms with E-state index in [1.807, 2.05) is 6.92 Å². The molecule has 3 aromatic heterocycles. The molecule has 0 spiro atoms. The molecular formula is C30H29ClF3N7O3. The number of halogens is 4. The van der Waals surface area contributed by atoms with Crippen molar-refractivity contribution in [2.24, 2.45) is 5.41 Å². The topological polar surface area (TPSA) is 137 Å². The number of ether oxygens (including phenoxy) is 1. The number of carbonyl (C=O) groups excluding carboxylic acids is 2. The molecule has 4 aromatic rings. The number of Topliss-reactive ketones (excluding diaryl/α,β-unsaturated/α-hetero) is 1. The highest BCUT2D eigenvalue weighted by Crippen LogP contribution is 2.44. The molecule has 6 rings (SSSR count). The van der Waals surface area contributed by atoms with Gasteiger partial charge in [-0.3, -0.25) is 14.0 Å². The number of nitrogens with two attached hydrogens (primary N) is 1. The number of benzene rings is 1. The fourth-order valence-corrected chi connectivity index (χ4v) is 6.18. The molecule has 1 aromatic carbocycles. The highest BCUT2D eigenvalue weighted by atomic mass is 35.5. The van der Waals surface area contributed by atoms with E-state index in [9.17, 15) is 22.8 Å². The van der Waals surface area contributed by atoms with Crippen molar-refractivity contribution < 1.29 is 27.5 Å². The van der Waals surface area contributed by atoms with Crippen LogP contribution in [0.4, 0.5) is 24.8 Å². The number of alkyl halides is 3. The minimum Gasteiger partial charge on any atom is -0.382 e. The van der Waals surface area contributed by atoms with Crippen molar-refractivity contribution in [2.75, 3.05) is 30.8 Å². The number of nitrogens with zero attached hydrogens (tertiary/aromatic N) is 4. The third kappa shape index (κ3) is 5.08. The van der Waals surface area contributed by atoms with Crippen LogP contribution in [0.2, 0.25) is 5.02 Å². The van der Waals surface area contributed by atoms with Gasteiger partial charge in [0, 0.05) is 36.7 Å². The zero-order valence-corrected chi connectivity index (χ0v) is 24.6. The second-order valence-electron chi connectivity index (χ2n) is 11.7. The number of fused-ring (bicyclic) bond motifs is 1. The lowest BCUT2D eigenvalue weighted by Crippen LogP contribution is -2.61. The lowest BCUT2D eigenvalue weighted by atomic mass is 9.65. The molecule has 0 saturated carbocycles. The fourth-order valence-electron chi connectivity index (χ4n) is 5.91. The van der Waals surface area contributed by atoms with Crippen LogP contribution in [0.3, 0.4) is 0 Å². The van der Waals surface area contributed by atoms with Crippen molar-refractivity contribution in [3.63, 3.8) is 0 Å². The van der Waals surface area contributed by atoms with Gasteiger partial charge in [0.25, 0.3) is 5.91 Å². The molecule has 0 radical (unpaired) electrons. The zero-order valence-electron chi connectivity index (χ0n) is 23.8. The Bertz CT molecular complexity index is 1780. The van der Waals surface area contributed by atoms with Crippen LogP contribution in [-0.4, -0.2) is 56.8 Å². The smallest absolute Gasteiger partial charge is 0.382 e. The van der Waals surface area contributed by atoms with Crippen LogP contribution < -0.4 is 16.4 Å². The van der Waals surface area contributed by atoms with Gasteiger partial charge in [-0.15, -0.1) is 0 Å². The van der Waals surface area contributed by atoms with Gasteiger partial charge in [-0.25, -0.2) is 15.0 Å². The Hall–Kier alpha value is -4.07. The number of hydrogen-bond donors (Lipinski definition) is 3. The summed E-state index contributed by atoms with van der Waals surface area (Å²) in [4.78, 5) is 40.3. The van der Waals surface area contributed by atoms with Crippen molar-refractivity contribution in [2.45, 2.75) is 44.3 Å². The minimum atomic E-state index is -4.59. The van der Waals surface area contributed by atoms with E-state index in [1.165, 1.54) is 12.1 Å². The van der Waals surface area contributed by atoms with Crippen LogP contribution in [0.25, 0.3) is 16.8 Å². The number of rotatable bonds is 6. The molecule has 2 atom stereocenters. The molecule has 1 amide bonds. The van der Waals surface area contributed by atoms with Gasteiger partial charge >= 0.3 is 6.18 Å². The first-order valence-electron chi connectivity index (χ1n) is 14.0. The normalized spacial score (nSPS) is 21.5. The highest BCUT2D eigenvalue weighted by Gasteiger charge is 2.55. The second-order valence-corrected chi connectivity index (χ2v) is 12.1. The summed E-state index contributed by atoms with van der Waals surface area (Å²) >= 11 is 6.55. The van der Waals surface area contributed by atoms with E-state index in [-0.39, 0.29) is 34.0 Å². The van der Waals surface area contributed by atoms with E-state index in [0.29, 0.717) is 48.8 Å². The average Bonchev–Trinajstić information content (AvgIpc) is 3.37. The molecule has 44 heavy (non-hydrogen) atoms. The van der Waals surface area contributed by atoms with Gasteiger partial charge in [-0.2, -0.15) is 13.2 Å². The zero-order chi connectivity index (χ0) is 31.4. The first kappa shape index (κ1) is 30.0. The number of anilines is 2. The van der Waals surface area contributed by atoms with Crippen LogP contribution in [0, 0.1) is 5.41 Å². The Kier molecular flexibility index (Phi) is 7.38. The molecule has 14 heteroatoms. The van der Waals surface area contributed by atoms with Crippen LogP contribution in [0.15, 0.2) is 48.9 Å². The van der Waals surface area contributed by atoms with Crippen LogP contribution >= 0.6 is 11.6 Å². The predicted molar refractivity (Wildman–Crippen MR) is 157 cm³/mol. The summed E-state index contributed by atoms with van der Waals surface area (Å²) in [6.07, 6.45) is 0.953. The number of nitrogens with one attached hydrogen (secondary N) is 2. The van der Waals surface area contributed by atoms with Gasteiger partial charge in [0.2, 0.25) is 0 Å². The van der Waals surface area contributed by atoms with Gasteiger partial charge in [0.15, 0.2) is 5.78 Å². The highest BCUT2D eigenvalue weighted by molar-refractivity contribution is 6.34. The quantitative estimate of drug-likeness (QED) is 0.274. The molecule has 4 N–H and O–H groups in total. The number of aromatic nitrogens is 4. The number of piperidine rings is 1. The SMILES string of the molecule is C[C@H]1CC[C@](C(=O)C2(C)COC2)(c2nc(-c3ccc(C(=O)Nc4cc(C(F)(F)F)ccn4)c(Cl)c3)c3c(N)nccn23)CN1. The summed E-state index contributed by atoms with van der Waals surface area (Å²) in [5, 5.41) is 5.85. The number of imidazole rings is 1. The molecule has 2 aliphatic heterocycles. The standard InChI is InChI=1S/C30H29ClF3N7O3/c1-16-5-7-29(13-38-16,26(43)28(2)14-44-15-28)27-40-22(23-24(35)37-9-10-41(23)27)17-3-4-19(20(31)11-17)25(42)39-21-12-18(6-8-36-21)30(32,33)34/h3-4,6,8-12,16,38H,5,7,13-15H2,1-2H3,(H2,35,37)(H,36,39,42)/t16-,29-/m0/s1. The lowest BCUT2D eigenvalue weighted by molar-refractivity contribution is -0.162. The van der Waals surface area contributed by atoms with Crippen molar-refractivity contribution in [1.29, 1.82) is 0 Å². The first-order chi connectivity index (χ1) is 20.8. The number of nitrogen functional groups attached to an aromatic ring is 1. The average molecular weight is 628 g/mol. The van der Waals surface area contributed by atoms with E-state index in [1.54, 1.807) is 22.9 Å². The maximum Gasteiger partial charge on any atom is 0.416 e. The Labute approximate surface area is 255 Å². The number of ketones is 1. The fraction of sp³-hybridized carbons (Fsp3) is 0.367. The van der Waals surface area contributed by atoms with Crippen molar-refractivity contribution in [1.82, 2.24) is 24.7 Å². The van der Waals surface area contributed by atoms with E-state index in [2.05, 4.69) is 27.5 Å². The largest absolute Gasteiger partial charge is 0.416 e. The van der Waals surface area contributed by atoms with Gasteiger partial charge in [0.05, 0.1) is 34.8 Å². The third-order valence-electron chi connectivity index (χ3n) is 8.41. The summed E-state index contributed by atoms with van der Waals surface area (Å²) in [6, 6.07) is 6.34. The molecule has 0 bridgehead atoms. The van der Waals surface area contributed by atoms with E-state index < -0.39 is 28.5 Å². The molecular weight excluding hydrogens is 599 g/mol. The minimum absolute atomic E-state index is 0.0134. The van der Waals surface area contributed by atoms with Gasteiger partial charge in [-0.1, -0.05) is 17.7 Å². The number of amides is 1. The van der Waals surface area contributed by atoms with E-state index in [4.69, 9.17) is 27.1 Å². The summed E-state index contributed by atoms with van der Waals surface area (Å²) in [6.45, 7) is 5.02. The van der Waals surface area contributed by atoms with Crippen molar-refractivity contribution >= 4 is 40.4 Å². The molecule has 2 saturated heterocycles. The van der Waals surface area contributed by atoms with Gasteiger partial charge < -0.3 is 21.1 Å². The van der Waals surface area contributed by atoms with Crippen LogP contribution in [-0.2, 0) is 21.1 Å². The van der Waals surface area contributed by atoms with E-state index in [0.717, 1.165) is 24.8 Å². The Morgan fingerprint density at radius 2 is 1.95 bits per heavy atom. The lowest BCUT2D eigenvalue weighted by Gasteiger charge is -2.46. The first-order valence-corrected chi connectivity index (χ1v) is 14.3. The van der Waals surface area contributed by atoms with Crippen molar-refractivity contribution in [3.05, 3.63) is 70.9 Å². The van der Waals surface area contributed by atoms with Crippen molar-refractivity contribution in [3.8, 4) is 11.3 Å². The van der Waals surface area contributed by atoms with E-state index >= 15 is 0 Å². The maximum atomic E-state index is 14.3. The molecule has 230 valence electrons. The molecule has 2 aliphatic rings. The summed E-state index contributed by atoms with van der Waals surface area (Å²) < 4.78 is 46.6.